The third-order valence-electron chi connectivity index (χ3n) is 2.76. The van der Waals surface area contributed by atoms with Crippen molar-refractivity contribution in [3.8, 4) is 0 Å². The van der Waals surface area contributed by atoms with Crippen LogP contribution in [-0.2, 0) is 0 Å². The Morgan fingerprint density at radius 1 is 1.33 bits per heavy atom. The number of aliphatic hydroxyl groups excluding tert-OH is 1. The minimum Gasteiger partial charge on any atom is -0.396 e. The Balaban J connectivity index is 2.34. The van der Waals surface area contributed by atoms with E-state index in [2.05, 4.69) is 18.9 Å². The van der Waals surface area contributed by atoms with Gasteiger partial charge in [0.2, 0.25) is 0 Å². The van der Waals surface area contributed by atoms with Crippen LogP contribution >= 0.6 is 0 Å². The van der Waals surface area contributed by atoms with Crippen LogP contribution in [0.15, 0.2) is 0 Å². The van der Waals surface area contributed by atoms with Gasteiger partial charge in [-0.3, -0.25) is 0 Å². The van der Waals surface area contributed by atoms with Crippen molar-refractivity contribution < 1.29 is 5.11 Å². The third-order valence-corrected chi connectivity index (χ3v) is 2.76. The summed E-state index contributed by atoms with van der Waals surface area (Å²) < 4.78 is 0. The lowest BCUT2D eigenvalue weighted by Crippen LogP contribution is -2.39. The fourth-order valence-electron chi connectivity index (χ4n) is 2.33. The molecule has 1 fully saturated rings. The van der Waals surface area contributed by atoms with Gasteiger partial charge in [-0.2, -0.15) is 0 Å². The number of nitrogens with zero attached hydrogens (tertiary/aromatic N) is 1. The van der Waals surface area contributed by atoms with Crippen molar-refractivity contribution in [3.05, 3.63) is 0 Å². The molecule has 0 radical (unpaired) electrons. The van der Waals surface area contributed by atoms with Gasteiger partial charge in [0, 0.05) is 19.7 Å². The van der Waals surface area contributed by atoms with Crippen LogP contribution in [0.1, 0.15) is 26.2 Å². The zero-order valence-corrected chi connectivity index (χ0v) is 8.29. The second-order valence-electron chi connectivity index (χ2n) is 4.16. The zero-order chi connectivity index (χ0) is 8.97. The molecule has 0 aliphatic carbocycles. The fourth-order valence-corrected chi connectivity index (χ4v) is 2.33. The van der Waals surface area contributed by atoms with Crippen molar-refractivity contribution in [1.82, 2.24) is 4.90 Å². The van der Waals surface area contributed by atoms with E-state index in [-0.39, 0.29) is 0 Å². The summed E-state index contributed by atoms with van der Waals surface area (Å²) in [5, 5.41) is 9.07. The van der Waals surface area contributed by atoms with Gasteiger partial charge in [-0.05, 0) is 31.7 Å². The van der Waals surface area contributed by atoms with Crippen LogP contribution in [0.3, 0.4) is 0 Å². The molecule has 1 heterocycles. The van der Waals surface area contributed by atoms with E-state index < -0.39 is 0 Å². The predicted octanol–water partition coefficient (Wildman–Crippen LogP) is 1.35. The third kappa shape index (κ3) is 2.76. The van der Waals surface area contributed by atoms with Gasteiger partial charge in [0.15, 0.2) is 0 Å². The molecule has 1 N–H and O–H groups in total. The zero-order valence-electron chi connectivity index (χ0n) is 8.29. The molecule has 2 heteroatoms. The maximum Gasteiger partial charge on any atom is 0.0471 e. The van der Waals surface area contributed by atoms with E-state index in [9.17, 15) is 0 Å². The summed E-state index contributed by atoms with van der Waals surface area (Å²) in [6.45, 7) is 4.91. The van der Waals surface area contributed by atoms with Gasteiger partial charge >= 0.3 is 0 Å². The lowest BCUT2D eigenvalue weighted by Gasteiger charge is -2.34. The van der Waals surface area contributed by atoms with Crippen LogP contribution in [0, 0.1) is 11.8 Å². The number of hydrogen-bond donors (Lipinski definition) is 1. The Kier molecular flexibility index (Phi) is 4.02. The molecule has 0 spiro atoms. The summed E-state index contributed by atoms with van der Waals surface area (Å²) >= 11 is 0. The second kappa shape index (κ2) is 4.83. The van der Waals surface area contributed by atoms with E-state index in [0.29, 0.717) is 12.5 Å². The normalized spacial score (nSPS) is 32.2. The van der Waals surface area contributed by atoms with Gasteiger partial charge in [0.05, 0.1) is 0 Å². The summed E-state index contributed by atoms with van der Waals surface area (Å²) in [7, 11) is 2.16. The molecule has 1 saturated heterocycles. The molecule has 0 amide bonds. The van der Waals surface area contributed by atoms with Gasteiger partial charge in [0.25, 0.3) is 0 Å². The van der Waals surface area contributed by atoms with E-state index >= 15 is 0 Å². The van der Waals surface area contributed by atoms with Crippen molar-refractivity contribution >= 4 is 0 Å². The SMILES string of the molecule is CCC[C@@H]1C[C@@H](CO)CN(C)C1. The van der Waals surface area contributed by atoms with Crippen molar-refractivity contribution in [2.75, 3.05) is 26.7 Å². The number of hydrogen-bond acceptors (Lipinski definition) is 2. The van der Waals surface area contributed by atoms with Crippen molar-refractivity contribution in [2.45, 2.75) is 26.2 Å². The lowest BCUT2D eigenvalue weighted by atomic mass is 9.87. The van der Waals surface area contributed by atoms with Crippen molar-refractivity contribution in [1.29, 1.82) is 0 Å². The highest BCUT2D eigenvalue weighted by Crippen LogP contribution is 2.23. The Bertz CT molecular complexity index is 127. The Hall–Kier alpha value is -0.0800. The van der Waals surface area contributed by atoms with E-state index in [1.165, 1.54) is 25.8 Å². The molecular formula is C10H21NO. The Morgan fingerprint density at radius 3 is 2.58 bits per heavy atom. The van der Waals surface area contributed by atoms with Crippen LogP contribution in [0.25, 0.3) is 0 Å². The molecule has 1 aliphatic rings. The first-order valence-corrected chi connectivity index (χ1v) is 5.05. The average Bonchev–Trinajstić information content (AvgIpc) is 2.04. The quantitative estimate of drug-likeness (QED) is 0.693. The molecule has 0 aromatic rings. The summed E-state index contributed by atoms with van der Waals surface area (Å²) in [6.07, 6.45) is 3.83. The minimum absolute atomic E-state index is 0.366. The van der Waals surface area contributed by atoms with Crippen LogP contribution in [0.2, 0.25) is 0 Å². The highest BCUT2D eigenvalue weighted by atomic mass is 16.3. The lowest BCUT2D eigenvalue weighted by molar-refractivity contribution is 0.0980. The van der Waals surface area contributed by atoms with E-state index in [0.717, 1.165) is 12.5 Å². The second-order valence-corrected chi connectivity index (χ2v) is 4.16. The molecule has 0 aromatic carbocycles. The van der Waals surface area contributed by atoms with Crippen LogP contribution in [0.5, 0.6) is 0 Å². The topological polar surface area (TPSA) is 23.5 Å². The van der Waals surface area contributed by atoms with Crippen LogP contribution in [0.4, 0.5) is 0 Å². The minimum atomic E-state index is 0.366. The number of aliphatic hydroxyl groups is 1. The van der Waals surface area contributed by atoms with Gasteiger partial charge in [-0.25, -0.2) is 0 Å². The van der Waals surface area contributed by atoms with E-state index in [1.807, 2.05) is 0 Å². The maximum atomic E-state index is 9.07. The highest BCUT2D eigenvalue weighted by molar-refractivity contribution is 4.76. The summed E-state index contributed by atoms with van der Waals surface area (Å²) in [5.74, 6) is 1.35. The standard InChI is InChI=1S/C10H21NO/c1-3-4-9-5-10(8-12)7-11(2)6-9/h9-10,12H,3-8H2,1-2H3/t9-,10-/m1/s1. The summed E-state index contributed by atoms with van der Waals surface area (Å²) in [5.41, 5.74) is 0. The van der Waals surface area contributed by atoms with Crippen molar-refractivity contribution in [2.24, 2.45) is 11.8 Å². The molecule has 12 heavy (non-hydrogen) atoms. The van der Waals surface area contributed by atoms with Crippen molar-refractivity contribution in [3.63, 3.8) is 0 Å². The summed E-state index contributed by atoms with van der Waals surface area (Å²) in [4.78, 5) is 2.35. The molecular weight excluding hydrogens is 150 g/mol. The van der Waals surface area contributed by atoms with Gasteiger partial charge in [0.1, 0.15) is 0 Å². The van der Waals surface area contributed by atoms with E-state index in [1.54, 1.807) is 0 Å². The van der Waals surface area contributed by atoms with Crippen LogP contribution in [-0.4, -0.2) is 36.8 Å². The molecule has 0 saturated carbocycles. The molecule has 0 unspecified atom stereocenters. The predicted molar refractivity (Wildman–Crippen MR) is 51.1 cm³/mol. The summed E-state index contributed by atoms with van der Waals surface area (Å²) in [6, 6.07) is 0. The first-order chi connectivity index (χ1) is 5.76. The number of rotatable bonds is 3. The fraction of sp³-hybridized carbons (Fsp3) is 1.00. The van der Waals surface area contributed by atoms with Crippen LogP contribution < -0.4 is 0 Å². The average molecular weight is 171 g/mol. The molecule has 2 atom stereocenters. The number of piperidine rings is 1. The monoisotopic (exact) mass is 171 g/mol. The van der Waals surface area contributed by atoms with Gasteiger partial charge in [-0.15, -0.1) is 0 Å². The molecule has 2 nitrogen and oxygen atoms in total. The smallest absolute Gasteiger partial charge is 0.0471 e. The molecule has 0 aromatic heterocycles. The number of likely N-dealkylation sites (tertiary alicyclic amines) is 1. The largest absolute Gasteiger partial charge is 0.396 e. The molecule has 0 bridgehead atoms. The van der Waals surface area contributed by atoms with E-state index in [4.69, 9.17) is 5.11 Å². The first kappa shape index (κ1) is 10.0. The first-order valence-electron chi connectivity index (χ1n) is 5.05. The molecule has 1 aliphatic heterocycles. The molecule has 72 valence electrons. The highest BCUT2D eigenvalue weighted by Gasteiger charge is 2.23. The van der Waals surface area contributed by atoms with Gasteiger partial charge in [-0.1, -0.05) is 13.3 Å². The molecule has 1 rings (SSSR count). The van der Waals surface area contributed by atoms with Gasteiger partial charge < -0.3 is 10.0 Å². The maximum absolute atomic E-state index is 9.07. The Morgan fingerprint density at radius 2 is 2.00 bits per heavy atom. The Labute approximate surface area is 75.6 Å².